The van der Waals surface area contributed by atoms with Crippen molar-refractivity contribution in [3.63, 3.8) is 0 Å². The van der Waals surface area contributed by atoms with Crippen LogP contribution in [0.5, 0.6) is 17.2 Å². The molecule has 1 heterocycles. The van der Waals surface area contributed by atoms with Crippen LogP contribution in [0.15, 0.2) is 18.3 Å². The van der Waals surface area contributed by atoms with Crippen LogP contribution in [0, 0.1) is 0 Å². The zero-order valence-electron chi connectivity index (χ0n) is 12.4. The van der Waals surface area contributed by atoms with Gasteiger partial charge in [-0.1, -0.05) is 25.4 Å². The molecule has 2 rings (SSSR count). The second-order valence-electron chi connectivity index (χ2n) is 4.93. The van der Waals surface area contributed by atoms with Gasteiger partial charge in [0.25, 0.3) is 0 Å². The number of hydrogen-bond donors (Lipinski definition) is 2. The maximum atomic E-state index is 12.4. The van der Waals surface area contributed by atoms with Gasteiger partial charge in [-0.05, 0) is 12.0 Å². The summed E-state index contributed by atoms with van der Waals surface area (Å²) in [7, 11) is 0. The molecule has 1 aromatic carbocycles. The van der Waals surface area contributed by atoms with E-state index in [-0.39, 0.29) is 34.2 Å². The third-order valence-corrected chi connectivity index (χ3v) is 3.22. The SMILES string of the molecule is CC(C)c1cc(OC(F)F)c(Cl)cc1Oc1cnc(N)nc1N. The summed E-state index contributed by atoms with van der Waals surface area (Å²) in [6.45, 7) is 0.760. The largest absolute Gasteiger partial charge is 0.451 e. The van der Waals surface area contributed by atoms with Crippen molar-refractivity contribution < 1.29 is 18.3 Å². The molecule has 1 aromatic heterocycles. The molecule has 0 atom stereocenters. The van der Waals surface area contributed by atoms with Crippen LogP contribution in [-0.2, 0) is 0 Å². The average molecular weight is 345 g/mol. The minimum atomic E-state index is -2.97. The van der Waals surface area contributed by atoms with E-state index in [2.05, 4.69) is 14.7 Å². The van der Waals surface area contributed by atoms with Crippen LogP contribution in [0.4, 0.5) is 20.5 Å². The summed E-state index contributed by atoms with van der Waals surface area (Å²) >= 11 is 5.96. The van der Waals surface area contributed by atoms with Crippen molar-refractivity contribution >= 4 is 23.4 Å². The molecule has 0 saturated heterocycles. The van der Waals surface area contributed by atoms with Gasteiger partial charge < -0.3 is 20.9 Å². The highest BCUT2D eigenvalue weighted by Gasteiger charge is 2.18. The Morgan fingerprint density at radius 2 is 1.83 bits per heavy atom. The number of hydrogen-bond acceptors (Lipinski definition) is 6. The summed E-state index contributed by atoms with van der Waals surface area (Å²) in [6, 6.07) is 2.78. The molecule has 0 bridgehead atoms. The first-order valence-corrected chi connectivity index (χ1v) is 6.99. The van der Waals surface area contributed by atoms with E-state index in [0.29, 0.717) is 11.3 Å². The minimum absolute atomic E-state index is 0.0117. The number of rotatable bonds is 5. The molecule has 0 amide bonds. The van der Waals surface area contributed by atoms with Gasteiger partial charge in [0.2, 0.25) is 5.95 Å². The predicted molar refractivity (Wildman–Crippen MR) is 83.1 cm³/mol. The molecule has 0 spiro atoms. The van der Waals surface area contributed by atoms with Crippen molar-refractivity contribution in [2.24, 2.45) is 0 Å². The predicted octanol–water partition coefficient (Wildman–Crippen LogP) is 3.81. The molecule has 4 N–H and O–H groups in total. The molecular weight excluding hydrogens is 330 g/mol. The van der Waals surface area contributed by atoms with Gasteiger partial charge >= 0.3 is 6.61 Å². The lowest BCUT2D eigenvalue weighted by atomic mass is 10.0. The van der Waals surface area contributed by atoms with Crippen LogP contribution in [0.3, 0.4) is 0 Å². The molecule has 23 heavy (non-hydrogen) atoms. The molecule has 2 aromatic rings. The Labute approximate surface area is 136 Å². The Balaban J connectivity index is 2.42. The maximum Gasteiger partial charge on any atom is 0.387 e. The number of ether oxygens (including phenoxy) is 2. The summed E-state index contributed by atoms with van der Waals surface area (Å²) < 4.78 is 34.9. The van der Waals surface area contributed by atoms with Crippen LogP contribution < -0.4 is 20.9 Å². The number of nitrogens with two attached hydrogens (primary N) is 2. The molecule has 0 aliphatic carbocycles. The fourth-order valence-electron chi connectivity index (χ4n) is 1.87. The minimum Gasteiger partial charge on any atom is -0.451 e. The van der Waals surface area contributed by atoms with Crippen LogP contribution in [0.1, 0.15) is 25.3 Å². The molecule has 124 valence electrons. The monoisotopic (exact) mass is 344 g/mol. The zero-order chi connectivity index (χ0) is 17.1. The molecule has 0 unspecified atom stereocenters. The Morgan fingerprint density at radius 3 is 2.39 bits per heavy atom. The lowest BCUT2D eigenvalue weighted by molar-refractivity contribution is -0.0498. The molecule has 6 nitrogen and oxygen atoms in total. The molecular formula is C14H15ClF2N4O2. The van der Waals surface area contributed by atoms with Gasteiger partial charge in [-0.15, -0.1) is 0 Å². The van der Waals surface area contributed by atoms with Gasteiger partial charge in [-0.3, -0.25) is 0 Å². The fraction of sp³-hybridized carbons (Fsp3) is 0.286. The summed E-state index contributed by atoms with van der Waals surface area (Å²) in [5.41, 5.74) is 11.8. The van der Waals surface area contributed by atoms with E-state index in [4.69, 9.17) is 27.8 Å². The van der Waals surface area contributed by atoms with Crippen LogP contribution in [0.2, 0.25) is 5.02 Å². The highest BCUT2D eigenvalue weighted by atomic mass is 35.5. The molecule has 0 radical (unpaired) electrons. The van der Waals surface area contributed by atoms with E-state index in [9.17, 15) is 8.78 Å². The van der Waals surface area contributed by atoms with E-state index in [1.165, 1.54) is 18.3 Å². The van der Waals surface area contributed by atoms with Crippen molar-refractivity contribution in [3.05, 3.63) is 28.9 Å². The molecule has 0 aliphatic heterocycles. The summed E-state index contributed by atoms with van der Waals surface area (Å²) in [6.07, 6.45) is 1.32. The van der Waals surface area contributed by atoms with Crippen molar-refractivity contribution in [1.82, 2.24) is 9.97 Å². The van der Waals surface area contributed by atoms with E-state index < -0.39 is 6.61 Å². The maximum absolute atomic E-state index is 12.4. The lowest BCUT2D eigenvalue weighted by Gasteiger charge is -2.17. The molecule has 0 aliphatic rings. The quantitative estimate of drug-likeness (QED) is 0.856. The van der Waals surface area contributed by atoms with E-state index in [0.717, 1.165) is 0 Å². The normalized spacial score (nSPS) is 11.1. The van der Waals surface area contributed by atoms with Gasteiger partial charge in [-0.25, -0.2) is 4.98 Å². The second kappa shape index (κ2) is 6.82. The highest BCUT2D eigenvalue weighted by Crippen LogP contribution is 2.39. The van der Waals surface area contributed by atoms with Crippen LogP contribution >= 0.6 is 11.6 Å². The van der Waals surface area contributed by atoms with E-state index in [1.54, 1.807) is 0 Å². The molecule has 0 fully saturated rings. The number of aromatic nitrogens is 2. The topological polar surface area (TPSA) is 96.3 Å². The number of benzene rings is 1. The van der Waals surface area contributed by atoms with Gasteiger partial charge in [-0.2, -0.15) is 13.8 Å². The third-order valence-electron chi connectivity index (χ3n) is 2.92. The van der Waals surface area contributed by atoms with E-state index in [1.807, 2.05) is 13.8 Å². The highest BCUT2D eigenvalue weighted by molar-refractivity contribution is 6.32. The van der Waals surface area contributed by atoms with Gasteiger partial charge in [0.1, 0.15) is 11.5 Å². The number of nitrogen functional groups attached to an aromatic ring is 2. The smallest absolute Gasteiger partial charge is 0.387 e. The van der Waals surface area contributed by atoms with Crippen LogP contribution in [-0.4, -0.2) is 16.6 Å². The van der Waals surface area contributed by atoms with Crippen LogP contribution in [0.25, 0.3) is 0 Å². The van der Waals surface area contributed by atoms with Gasteiger partial charge in [0.05, 0.1) is 11.2 Å². The first-order valence-electron chi connectivity index (χ1n) is 6.62. The number of halogens is 3. The van der Waals surface area contributed by atoms with Crippen molar-refractivity contribution in [2.75, 3.05) is 11.5 Å². The third kappa shape index (κ3) is 4.10. The number of anilines is 2. The summed E-state index contributed by atoms with van der Waals surface area (Å²) in [4.78, 5) is 7.58. The first-order chi connectivity index (χ1) is 10.8. The summed E-state index contributed by atoms with van der Waals surface area (Å²) in [5, 5.41) is -0.0142. The van der Waals surface area contributed by atoms with Crippen molar-refractivity contribution in [2.45, 2.75) is 26.4 Å². The number of alkyl halides is 2. The van der Waals surface area contributed by atoms with E-state index >= 15 is 0 Å². The Bertz CT molecular complexity index is 713. The fourth-order valence-corrected chi connectivity index (χ4v) is 2.07. The second-order valence-corrected chi connectivity index (χ2v) is 5.34. The first kappa shape index (κ1) is 17.0. The Morgan fingerprint density at radius 1 is 1.13 bits per heavy atom. The zero-order valence-corrected chi connectivity index (χ0v) is 13.1. The Kier molecular flexibility index (Phi) is 5.05. The van der Waals surface area contributed by atoms with Crippen molar-refractivity contribution in [3.8, 4) is 17.2 Å². The van der Waals surface area contributed by atoms with Gasteiger partial charge in [0.15, 0.2) is 11.6 Å². The molecule has 9 heteroatoms. The summed E-state index contributed by atoms with van der Waals surface area (Å²) in [5.74, 6) is 0.415. The standard InChI is InChI=1S/C14H15ClF2N4O2/c1-6(2)7-3-10(23-13(16)17)8(15)4-9(7)22-11-5-20-14(19)21-12(11)18/h3-6,13H,1-2H3,(H4,18,19,20,21). The number of nitrogens with zero attached hydrogens (tertiary/aromatic N) is 2. The van der Waals surface area contributed by atoms with Crippen molar-refractivity contribution in [1.29, 1.82) is 0 Å². The lowest BCUT2D eigenvalue weighted by Crippen LogP contribution is -2.05. The average Bonchev–Trinajstić information content (AvgIpc) is 2.44. The molecule has 0 saturated carbocycles. The van der Waals surface area contributed by atoms with Gasteiger partial charge in [0, 0.05) is 11.6 Å². The Hall–Kier alpha value is -2.35.